The highest BCUT2D eigenvalue weighted by atomic mass is 14.9. The van der Waals surface area contributed by atoms with E-state index in [1.807, 2.05) is 0 Å². The molecule has 0 saturated carbocycles. The molecule has 0 radical (unpaired) electrons. The Morgan fingerprint density at radius 2 is 2.33 bits per heavy atom. The second-order valence-electron chi connectivity index (χ2n) is 3.35. The van der Waals surface area contributed by atoms with Crippen LogP contribution in [0.15, 0.2) is 0 Å². The van der Waals surface area contributed by atoms with Gasteiger partial charge in [-0.15, -0.1) is 0 Å². The summed E-state index contributed by atoms with van der Waals surface area (Å²) in [5.74, 6) is 1.82. The highest BCUT2D eigenvalue weighted by Gasteiger charge is 2.15. The molecule has 0 aliphatic carbocycles. The Bertz CT molecular complexity index is 77.3. The van der Waals surface area contributed by atoms with Crippen molar-refractivity contribution in [2.75, 3.05) is 13.1 Å². The molecule has 0 bridgehead atoms. The molecular weight excluding hydrogens is 110 g/mol. The van der Waals surface area contributed by atoms with Crippen molar-refractivity contribution >= 4 is 0 Å². The van der Waals surface area contributed by atoms with Crippen LogP contribution in [0.25, 0.3) is 0 Å². The summed E-state index contributed by atoms with van der Waals surface area (Å²) in [5, 5.41) is 3.42. The van der Waals surface area contributed by atoms with E-state index in [2.05, 4.69) is 19.2 Å². The molecule has 9 heavy (non-hydrogen) atoms. The molecule has 1 fully saturated rings. The number of hydrogen-bond donors (Lipinski definition) is 1. The summed E-state index contributed by atoms with van der Waals surface area (Å²) in [7, 11) is 0. The maximum atomic E-state index is 3.42. The Labute approximate surface area is 59.3 Å². The monoisotopic (exact) mass is 129 g/mol. The van der Waals surface area contributed by atoms with Crippen molar-refractivity contribution in [3.63, 3.8) is 0 Å². The molecule has 0 aromatic heterocycles. The topological polar surface area (TPSA) is 12.0 Å². The summed E-state index contributed by atoms with van der Waals surface area (Å²) in [6.07, 6.45) is 2.81. The Hall–Kier alpha value is -0.0400. The first-order chi connectivity index (χ1) is 4.30. The molecule has 1 saturated heterocycles. The summed E-state index contributed by atoms with van der Waals surface area (Å²) in [6.45, 7) is 7.12. The molecule has 1 rings (SSSR count). The Morgan fingerprint density at radius 3 is 2.67 bits per heavy atom. The lowest BCUT2D eigenvalue weighted by Gasteiger charge is -2.25. The molecule has 1 heterocycles. The van der Waals surface area contributed by atoms with Crippen LogP contribution in [-0.4, -0.2) is 13.1 Å². The molecule has 1 atom stereocenters. The van der Waals surface area contributed by atoms with Gasteiger partial charge in [0.1, 0.15) is 0 Å². The fraction of sp³-hybridized carbons (Fsp3) is 1.00. The van der Waals surface area contributed by atoms with Gasteiger partial charge in [0.2, 0.25) is 0 Å². The first-order valence-corrected chi connectivity index (χ1v) is 4.01. The van der Waals surface area contributed by atoms with Gasteiger partial charge in [0.05, 0.1) is 0 Å². The van der Waals surface area contributed by atoms with Crippen LogP contribution in [-0.2, 0) is 0 Å². The van der Waals surface area contributed by atoms with Crippen LogP contribution >= 0.6 is 0 Å². The summed E-state index contributed by atoms with van der Waals surface area (Å²) >= 11 is 0. The van der Waals surface area contributed by atoms with Gasteiger partial charge in [-0.25, -0.2) is 0 Å². The van der Waals surface area contributed by atoms with Crippen LogP contribution in [0.4, 0.5) is 0 Å². The fourth-order valence-electron chi connectivity index (χ4n) is 1.45. The predicted octanol–water partition coefficient (Wildman–Crippen LogP) is 1.89. The van der Waals surface area contributed by atoms with E-state index < -0.39 is 0 Å². The number of nitrogens with one attached hydrogen (secondary N) is 1. The van der Waals surface area contributed by atoms with E-state index >= 15 is 0 Å². The highest BCUT2D eigenvalue weighted by molar-refractivity contribution is 4.70. The van der Waals surface area contributed by atoms with E-state index in [-0.39, 0.29) is 1.43 Å². The van der Waals surface area contributed by atoms with Gasteiger partial charge in [-0.05, 0) is 37.8 Å². The second-order valence-corrected chi connectivity index (χ2v) is 3.35. The zero-order chi connectivity index (χ0) is 6.69. The van der Waals surface area contributed by atoms with Crippen molar-refractivity contribution in [2.45, 2.75) is 26.7 Å². The van der Waals surface area contributed by atoms with Crippen molar-refractivity contribution < 1.29 is 1.43 Å². The minimum atomic E-state index is 0. The van der Waals surface area contributed by atoms with E-state index in [9.17, 15) is 0 Å². The Kier molecular flexibility index (Phi) is 2.52. The lowest BCUT2D eigenvalue weighted by Crippen LogP contribution is -2.32. The SMILES string of the molecule is CC(C)C1CCCNC1.[HH]. The third kappa shape index (κ3) is 1.98. The lowest BCUT2D eigenvalue weighted by atomic mass is 9.89. The molecule has 0 amide bonds. The average molecular weight is 129 g/mol. The second kappa shape index (κ2) is 3.21. The smallest absolute Gasteiger partial charge is 0 e. The quantitative estimate of drug-likeness (QED) is 0.570. The number of rotatable bonds is 1. The van der Waals surface area contributed by atoms with Gasteiger partial charge in [-0.2, -0.15) is 0 Å². The number of hydrogen-bond acceptors (Lipinski definition) is 1. The van der Waals surface area contributed by atoms with Crippen LogP contribution in [0, 0.1) is 11.8 Å². The van der Waals surface area contributed by atoms with Crippen LogP contribution in [0.5, 0.6) is 0 Å². The third-order valence-corrected chi connectivity index (χ3v) is 2.28. The van der Waals surface area contributed by atoms with E-state index in [4.69, 9.17) is 0 Å². The predicted molar refractivity (Wildman–Crippen MR) is 42.5 cm³/mol. The van der Waals surface area contributed by atoms with Crippen molar-refractivity contribution in [3.05, 3.63) is 0 Å². The summed E-state index contributed by atoms with van der Waals surface area (Å²) in [6, 6.07) is 0. The maximum absolute atomic E-state index is 3.42. The van der Waals surface area contributed by atoms with Gasteiger partial charge in [-0.3, -0.25) is 0 Å². The zero-order valence-corrected chi connectivity index (χ0v) is 6.48. The molecular formula is C8H19N. The average Bonchev–Trinajstić information content (AvgIpc) is 1.90. The summed E-state index contributed by atoms with van der Waals surface area (Å²) < 4.78 is 0. The molecule has 0 aromatic rings. The highest BCUT2D eigenvalue weighted by Crippen LogP contribution is 2.18. The number of piperidine rings is 1. The third-order valence-electron chi connectivity index (χ3n) is 2.28. The van der Waals surface area contributed by atoms with Gasteiger partial charge in [-0.1, -0.05) is 13.8 Å². The largest absolute Gasteiger partial charge is 0.316 e. The van der Waals surface area contributed by atoms with Crippen molar-refractivity contribution in [2.24, 2.45) is 11.8 Å². The first-order valence-electron chi connectivity index (χ1n) is 4.01. The molecule has 0 spiro atoms. The Morgan fingerprint density at radius 1 is 1.56 bits per heavy atom. The molecule has 1 N–H and O–H groups in total. The van der Waals surface area contributed by atoms with Crippen LogP contribution in [0.2, 0.25) is 0 Å². The molecule has 1 nitrogen and oxygen atoms in total. The molecule has 0 aromatic carbocycles. The van der Waals surface area contributed by atoms with Crippen molar-refractivity contribution in [3.8, 4) is 0 Å². The van der Waals surface area contributed by atoms with E-state index in [0.29, 0.717) is 0 Å². The van der Waals surface area contributed by atoms with Gasteiger partial charge < -0.3 is 5.32 Å². The summed E-state index contributed by atoms with van der Waals surface area (Å²) in [5.41, 5.74) is 0. The van der Waals surface area contributed by atoms with Crippen LogP contribution < -0.4 is 5.32 Å². The minimum Gasteiger partial charge on any atom is -0.316 e. The minimum absolute atomic E-state index is 0. The van der Waals surface area contributed by atoms with Gasteiger partial charge >= 0.3 is 0 Å². The van der Waals surface area contributed by atoms with E-state index in [1.165, 1.54) is 25.9 Å². The van der Waals surface area contributed by atoms with E-state index in [1.54, 1.807) is 0 Å². The van der Waals surface area contributed by atoms with Gasteiger partial charge in [0.15, 0.2) is 0 Å². The molecule has 1 unspecified atom stereocenters. The van der Waals surface area contributed by atoms with Gasteiger partial charge in [0.25, 0.3) is 0 Å². The lowest BCUT2D eigenvalue weighted by molar-refractivity contribution is 0.296. The molecule has 1 aliphatic rings. The fourth-order valence-corrected chi connectivity index (χ4v) is 1.45. The first kappa shape index (κ1) is 7.07. The molecule has 56 valence electrons. The standard InChI is InChI=1S/C8H17N.H2/c1-7(2)8-4-3-5-9-6-8;/h7-9H,3-6H2,1-2H3;1H. The normalized spacial score (nSPS) is 29.0. The van der Waals surface area contributed by atoms with Gasteiger partial charge in [0, 0.05) is 1.43 Å². The Balaban J connectivity index is 0.000000810. The van der Waals surface area contributed by atoms with Crippen LogP contribution in [0.3, 0.4) is 0 Å². The van der Waals surface area contributed by atoms with E-state index in [0.717, 1.165) is 11.8 Å². The maximum Gasteiger partial charge on any atom is 0 e. The molecule has 1 aliphatic heterocycles. The zero-order valence-electron chi connectivity index (χ0n) is 6.48. The molecule has 1 heteroatoms. The summed E-state index contributed by atoms with van der Waals surface area (Å²) in [4.78, 5) is 0. The van der Waals surface area contributed by atoms with Crippen LogP contribution in [0.1, 0.15) is 28.1 Å². The van der Waals surface area contributed by atoms with Crippen molar-refractivity contribution in [1.29, 1.82) is 0 Å². The van der Waals surface area contributed by atoms with Crippen molar-refractivity contribution in [1.82, 2.24) is 5.32 Å².